The van der Waals surface area contributed by atoms with Crippen LogP contribution < -0.4 is 10.6 Å². The van der Waals surface area contributed by atoms with E-state index in [1.807, 2.05) is 13.8 Å². The van der Waals surface area contributed by atoms with E-state index in [9.17, 15) is 13.2 Å². The number of rotatable bonds is 6. The number of carbonyl (C=O) groups is 1. The second kappa shape index (κ2) is 8.29. The summed E-state index contributed by atoms with van der Waals surface area (Å²) < 4.78 is 25.9. The number of nitrogens with one attached hydrogen (secondary N) is 2. The highest BCUT2D eigenvalue weighted by Crippen LogP contribution is 2.29. The molecular formula is C17H30N2O3S. The van der Waals surface area contributed by atoms with E-state index in [2.05, 4.69) is 16.7 Å². The lowest BCUT2D eigenvalue weighted by Crippen LogP contribution is -2.47. The summed E-state index contributed by atoms with van der Waals surface area (Å²) in [6.45, 7) is 5.85. The van der Waals surface area contributed by atoms with E-state index in [1.54, 1.807) is 0 Å². The van der Waals surface area contributed by atoms with Crippen molar-refractivity contribution in [3.8, 4) is 0 Å². The van der Waals surface area contributed by atoms with Crippen LogP contribution in [0.2, 0.25) is 0 Å². The van der Waals surface area contributed by atoms with Gasteiger partial charge in [-0.05, 0) is 31.7 Å². The first kappa shape index (κ1) is 18.5. The molecule has 0 spiro atoms. The topological polar surface area (TPSA) is 75.3 Å². The highest BCUT2D eigenvalue weighted by Gasteiger charge is 2.40. The van der Waals surface area contributed by atoms with Gasteiger partial charge in [-0.1, -0.05) is 44.8 Å². The van der Waals surface area contributed by atoms with Crippen LogP contribution in [-0.4, -0.2) is 44.5 Å². The van der Waals surface area contributed by atoms with E-state index in [4.69, 9.17) is 0 Å². The molecule has 0 bridgehead atoms. The van der Waals surface area contributed by atoms with Crippen molar-refractivity contribution in [1.82, 2.24) is 10.6 Å². The molecule has 2 N–H and O–H groups in total. The van der Waals surface area contributed by atoms with Crippen molar-refractivity contribution in [1.29, 1.82) is 0 Å². The molecule has 2 rings (SSSR count). The summed E-state index contributed by atoms with van der Waals surface area (Å²) in [7, 11) is -3.42. The summed E-state index contributed by atoms with van der Waals surface area (Å²) in [6.07, 6.45) is 7.40. The van der Waals surface area contributed by atoms with Crippen molar-refractivity contribution in [2.24, 2.45) is 5.92 Å². The van der Waals surface area contributed by atoms with Gasteiger partial charge < -0.3 is 10.6 Å². The van der Waals surface area contributed by atoms with Crippen molar-refractivity contribution in [3.63, 3.8) is 0 Å². The molecule has 1 atom stereocenters. The average molecular weight is 343 g/mol. The van der Waals surface area contributed by atoms with E-state index < -0.39 is 15.1 Å². The van der Waals surface area contributed by atoms with E-state index in [0.717, 1.165) is 38.8 Å². The number of hydrogen-bond donors (Lipinski definition) is 2. The third-order valence-electron chi connectivity index (χ3n) is 4.88. The Kier molecular flexibility index (Phi) is 6.65. The maximum atomic E-state index is 12.9. The number of carbonyl (C=O) groups excluding carboxylic acids is 1. The Morgan fingerprint density at radius 3 is 2.57 bits per heavy atom. The first-order chi connectivity index (χ1) is 10.9. The highest BCUT2D eigenvalue weighted by molar-refractivity contribution is 7.93. The smallest absolute Gasteiger partial charge is 0.238 e. The van der Waals surface area contributed by atoms with Gasteiger partial charge in [0.15, 0.2) is 9.84 Å². The molecule has 1 amide bonds. The molecule has 1 aliphatic carbocycles. The van der Waals surface area contributed by atoms with Gasteiger partial charge in [0.2, 0.25) is 5.91 Å². The Morgan fingerprint density at radius 2 is 2.00 bits per heavy atom. The van der Waals surface area contributed by atoms with E-state index in [1.165, 1.54) is 5.57 Å². The molecule has 2 aliphatic rings. The molecule has 132 valence electrons. The Bertz CT molecular complexity index is 534. The molecule has 23 heavy (non-hydrogen) atoms. The summed E-state index contributed by atoms with van der Waals surface area (Å²) >= 11 is 0. The standard InChI is InChI=1S/C17H30N2O3S/c1-13(2)16(23(21,22)15-6-4-3-5-7-15)17(20)19-12-14-8-10-18-11-9-14/h8,13,15-16,18H,3-7,9-12H2,1-2H3,(H,19,20). The molecule has 1 unspecified atom stereocenters. The molecule has 1 saturated carbocycles. The molecule has 0 aromatic rings. The zero-order valence-corrected chi connectivity index (χ0v) is 15.1. The van der Waals surface area contributed by atoms with Gasteiger partial charge in [0, 0.05) is 13.1 Å². The van der Waals surface area contributed by atoms with Gasteiger partial charge in [0.05, 0.1) is 5.25 Å². The van der Waals surface area contributed by atoms with Gasteiger partial charge >= 0.3 is 0 Å². The summed E-state index contributed by atoms with van der Waals surface area (Å²) in [5.41, 5.74) is 1.18. The maximum Gasteiger partial charge on any atom is 0.238 e. The second-order valence-electron chi connectivity index (χ2n) is 7.05. The Hall–Kier alpha value is -0.880. The number of amides is 1. The fourth-order valence-electron chi connectivity index (χ4n) is 3.56. The number of hydrogen-bond acceptors (Lipinski definition) is 4. The van der Waals surface area contributed by atoms with Crippen LogP contribution in [0, 0.1) is 5.92 Å². The van der Waals surface area contributed by atoms with Crippen LogP contribution in [0.5, 0.6) is 0 Å². The monoisotopic (exact) mass is 342 g/mol. The molecule has 0 aromatic carbocycles. The average Bonchev–Trinajstić information content (AvgIpc) is 2.54. The minimum atomic E-state index is -3.42. The third kappa shape index (κ3) is 4.80. The fraction of sp³-hybridized carbons (Fsp3) is 0.824. The third-order valence-corrected chi connectivity index (χ3v) is 7.75. The van der Waals surface area contributed by atoms with Crippen LogP contribution in [0.15, 0.2) is 11.6 Å². The van der Waals surface area contributed by atoms with Gasteiger partial charge in [-0.25, -0.2) is 8.42 Å². The molecule has 0 aromatic heterocycles. The van der Waals surface area contributed by atoms with Gasteiger partial charge in [-0.15, -0.1) is 0 Å². The molecule has 1 aliphatic heterocycles. The van der Waals surface area contributed by atoms with Crippen LogP contribution in [-0.2, 0) is 14.6 Å². The lowest BCUT2D eigenvalue weighted by Gasteiger charge is -2.28. The zero-order chi connectivity index (χ0) is 16.9. The minimum absolute atomic E-state index is 0.205. The molecule has 5 nitrogen and oxygen atoms in total. The predicted octanol–water partition coefficient (Wildman–Crippen LogP) is 1.79. The van der Waals surface area contributed by atoms with Crippen molar-refractivity contribution in [2.45, 2.75) is 62.9 Å². The predicted molar refractivity (Wildman–Crippen MR) is 93.0 cm³/mol. The largest absolute Gasteiger partial charge is 0.351 e. The van der Waals surface area contributed by atoms with Crippen LogP contribution in [0.1, 0.15) is 52.4 Å². The van der Waals surface area contributed by atoms with Gasteiger partial charge in [-0.3, -0.25) is 4.79 Å². The van der Waals surface area contributed by atoms with E-state index in [0.29, 0.717) is 19.4 Å². The van der Waals surface area contributed by atoms with Crippen LogP contribution in [0.25, 0.3) is 0 Å². The van der Waals surface area contributed by atoms with Gasteiger partial charge in [0.1, 0.15) is 5.25 Å². The molecule has 1 heterocycles. The summed E-state index contributed by atoms with van der Waals surface area (Å²) in [6, 6.07) is 0. The molecule has 6 heteroatoms. The molecule has 0 saturated heterocycles. The van der Waals surface area contributed by atoms with Gasteiger partial charge in [0.25, 0.3) is 0 Å². The Labute approximate surface area is 140 Å². The normalized spacial score (nSPS) is 21.8. The van der Waals surface area contributed by atoms with Crippen molar-refractivity contribution >= 4 is 15.7 Å². The quantitative estimate of drug-likeness (QED) is 0.722. The van der Waals surface area contributed by atoms with Crippen molar-refractivity contribution in [2.75, 3.05) is 19.6 Å². The summed E-state index contributed by atoms with van der Waals surface area (Å²) in [5, 5.41) is 4.83. The van der Waals surface area contributed by atoms with Crippen molar-refractivity contribution < 1.29 is 13.2 Å². The first-order valence-corrected chi connectivity index (χ1v) is 10.4. The molecule has 0 radical (unpaired) electrons. The van der Waals surface area contributed by atoms with E-state index in [-0.39, 0.29) is 17.1 Å². The highest BCUT2D eigenvalue weighted by atomic mass is 32.2. The van der Waals surface area contributed by atoms with Crippen LogP contribution in [0.3, 0.4) is 0 Å². The number of sulfone groups is 1. The molecular weight excluding hydrogens is 312 g/mol. The SMILES string of the molecule is CC(C)C(C(=O)NCC1=CCNCC1)S(=O)(=O)C1CCCCC1. The minimum Gasteiger partial charge on any atom is -0.351 e. The molecule has 1 fully saturated rings. The fourth-order valence-corrected chi connectivity index (χ4v) is 6.11. The summed E-state index contributed by atoms with van der Waals surface area (Å²) in [4.78, 5) is 12.6. The Morgan fingerprint density at radius 1 is 1.30 bits per heavy atom. The van der Waals surface area contributed by atoms with Crippen LogP contribution in [0.4, 0.5) is 0 Å². The van der Waals surface area contributed by atoms with E-state index >= 15 is 0 Å². The first-order valence-electron chi connectivity index (χ1n) is 8.82. The lowest BCUT2D eigenvalue weighted by molar-refractivity contribution is -0.121. The van der Waals surface area contributed by atoms with Gasteiger partial charge in [-0.2, -0.15) is 0 Å². The summed E-state index contributed by atoms with van der Waals surface area (Å²) in [5.74, 6) is -0.533. The van der Waals surface area contributed by atoms with Crippen molar-refractivity contribution in [3.05, 3.63) is 11.6 Å². The maximum absolute atomic E-state index is 12.9. The van der Waals surface area contributed by atoms with Crippen LogP contribution >= 0.6 is 0 Å². The second-order valence-corrected chi connectivity index (χ2v) is 9.40. The zero-order valence-electron chi connectivity index (χ0n) is 14.3. The Balaban J connectivity index is 2.04. The lowest BCUT2D eigenvalue weighted by atomic mass is 10.0.